The van der Waals surface area contributed by atoms with Crippen LogP contribution in [0.4, 0.5) is 0 Å². The minimum atomic E-state index is -0.672. The summed E-state index contributed by atoms with van der Waals surface area (Å²) >= 11 is 0. The second-order valence-electron chi connectivity index (χ2n) is 24.2. The highest BCUT2D eigenvalue weighted by Crippen LogP contribution is 2.18. The zero-order valence-corrected chi connectivity index (χ0v) is 52.7. The van der Waals surface area contributed by atoms with E-state index in [0.717, 1.165) is 57.8 Å². The van der Waals surface area contributed by atoms with Gasteiger partial charge in [-0.25, -0.2) is 0 Å². The van der Waals surface area contributed by atoms with Crippen molar-refractivity contribution < 1.29 is 24.5 Å². The molecule has 0 rings (SSSR count). The van der Waals surface area contributed by atoms with Crippen LogP contribution in [0.1, 0.15) is 386 Å². The van der Waals surface area contributed by atoms with Gasteiger partial charge in [-0.15, -0.1) is 0 Å². The number of rotatable bonds is 66. The van der Waals surface area contributed by atoms with Crippen LogP contribution in [0.25, 0.3) is 0 Å². The zero-order chi connectivity index (χ0) is 56.4. The maximum Gasteiger partial charge on any atom is 0.305 e. The third-order valence-corrected chi connectivity index (χ3v) is 16.4. The quantitative estimate of drug-likeness (QED) is 0.0320. The van der Waals surface area contributed by atoms with E-state index >= 15 is 0 Å². The first-order valence-corrected chi connectivity index (χ1v) is 35.2. The monoisotopic (exact) mass is 1100 g/mol. The van der Waals surface area contributed by atoms with Crippen molar-refractivity contribution in [3.8, 4) is 0 Å². The normalized spacial score (nSPS) is 12.7. The molecule has 78 heavy (non-hydrogen) atoms. The first kappa shape index (κ1) is 76.1. The molecule has 2 atom stereocenters. The Labute approximate surface area is 487 Å². The van der Waals surface area contributed by atoms with Crippen molar-refractivity contribution in [2.45, 2.75) is 398 Å². The van der Waals surface area contributed by atoms with Crippen LogP contribution in [0.15, 0.2) is 36.5 Å². The Morgan fingerprint density at radius 1 is 0.359 bits per heavy atom. The molecule has 0 saturated carbocycles. The van der Waals surface area contributed by atoms with Crippen LogP contribution in [0.3, 0.4) is 0 Å². The summed E-state index contributed by atoms with van der Waals surface area (Å²) in [7, 11) is 0. The van der Waals surface area contributed by atoms with Crippen LogP contribution >= 0.6 is 0 Å². The van der Waals surface area contributed by atoms with E-state index in [-0.39, 0.29) is 18.5 Å². The van der Waals surface area contributed by atoms with E-state index in [0.29, 0.717) is 25.9 Å². The highest BCUT2D eigenvalue weighted by molar-refractivity contribution is 5.76. The molecule has 3 N–H and O–H groups in total. The average molecular weight is 1100 g/mol. The lowest BCUT2D eigenvalue weighted by molar-refractivity contribution is -0.143. The topological polar surface area (TPSA) is 95.9 Å². The largest absolute Gasteiger partial charge is 0.466 e. The van der Waals surface area contributed by atoms with Gasteiger partial charge in [0.1, 0.15) is 0 Å². The molecule has 0 aromatic heterocycles. The molecule has 460 valence electrons. The Balaban J connectivity index is 3.44. The van der Waals surface area contributed by atoms with Gasteiger partial charge in [-0.3, -0.25) is 9.59 Å². The van der Waals surface area contributed by atoms with E-state index in [1.54, 1.807) is 0 Å². The van der Waals surface area contributed by atoms with E-state index in [1.165, 1.54) is 295 Å². The Morgan fingerprint density at radius 2 is 0.641 bits per heavy atom. The molecule has 0 fully saturated rings. The fourth-order valence-electron chi connectivity index (χ4n) is 11.0. The number of aliphatic hydroxyl groups excluding tert-OH is 2. The van der Waals surface area contributed by atoms with Crippen molar-refractivity contribution in [2.75, 3.05) is 13.2 Å². The van der Waals surface area contributed by atoms with Crippen molar-refractivity contribution in [1.82, 2.24) is 5.32 Å². The Hall–Kier alpha value is -1.92. The van der Waals surface area contributed by atoms with Crippen LogP contribution in [-0.2, 0) is 14.3 Å². The average Bonchev–Trinajstić information content (AvgIpc) is 3.44. The summed E-state index contributed by atoms with van der Waals surface area (Å²) < 4.78 is 5.50. The van der Waals surface area contributed by atoms with Gasteiger partial charge in [0.15, 0.2) is 0 Å². The number of aliphatic hydroxyl groups is 2. The Morgan fingerprint density at radius 3 is 0.987 bits per heavy atom. The van der Waals surface area contributed by atoms with Crippen molar-refractivity contribution in [2.24, 2.45) is 0 Å². The summed E-state index contributed by atoms with van der Waals surface area (Å²) in [5.41, 5.74) is 0. The van der Waals surface area contributed by atoms with Crippen LogP contribution in [-0.4, -0.2) is 47.4 Å². The van der Waals surface area contributed by atoms with Crippen molar-refractivity contribution in [3.63, 3.8) is 0 Å². The van der Waals surface area contributed by atoms with Crippen molar-refractivity contribution in [1.29, 1.82) is 0 Å². The van der Waals surface area contributed by atoms with Crippen LogP contribution < -0.4 is 5.32 Å². The molecule has 1 amide bonds. The second kappa shape index (κ2) is 67.6. The third-order valence-electron chi connectivity index (χ3n) is 16.4. The van der Waals surface area contributed by atoms with E-state index in [1.807, 2.05) is 0 Å². The standard InChI is InChI=1S/C72H137NO5/c1-3-5-7-9-11-13-15-17-19-21-23-29-32-36-40-44-48-52-56-60-64-70(75)69(68-74)73-71(76)65-61-57-53-49-45-41-37-33-30-27-25-24-26-28-31-35-39-43-47-51-55-59-63-67-78-72(77)66-62-58-54-50-46-42-38-34-22-20-18-16-14-12-10-8-6-4-2/h20,22,24,26-27,30,69-70,74-75H,3-19,21,23,25,28-29,31-68H2,1-2H3,(H,73,76)/b22-20-,26-24-,30-27-. The number of esters is 1. The van der Waals surface area contributed by atoms with Crippen molar-refractivity contribution >= 4 is 11.9 Å². The Kier molecular flexibility index (Phi) is 65.9. The van der Waals surface area contributed by atoms with Gasteiger partial charge in [0.2, 0.25) is 5.91 Å². The molecule has 6 heteroatoms. The number of hydrogen-bond donors (Lipinski definition) is 3. The molecule has 0 radical (unpaired) electrons. The number of allylic oxidation sites excluding steroid dienone is 6. The minimum absolute atomic E-state index is 0.00481. The predicted octanol–water partition coefficient (Wildman–Crippen LogP) is 22.7. The molecular weight excluding hydrogens is 959 g/mol. The van der Waals surface area contributed by atoms with E-state index < -0.39 is 12.1 Å². The predicted molar refractivity (Wildman–Crippen MR) is 343 cm³/mol. The van der Waals surface area contributed by atoms with Crippen LogP contribution in [0, 0.1) is 0 Å². The van der Waals surface area contributed by atoms with Crippen LogP contribution in [0.5, 0.6) is 0 Å². The van der Waals surface area contributed by atoms with E-state index in [4.69, 9.17) is 4.74 Å². The summed E-state index contributed by atoms with van der Waals surface area (Å²) in [6, 6.07) is -0.551. The molecule has 6 nitrogen and oxygen atoms in total. The lowest BCUT2D eigenvalue weighted by Crippen LogP contribution is -2.45. The molecule has 0 aromatic rings. The minimum Gasteiger partial charge on any atom is -0.466 e. The molecule has 0 bridgehead atoms. The first-order chi connectivity index (χ1) is 38.5. The molecule has 2 unspecified atom stereocenters. The summed E-state index contributed by atoms with van der Waals surface area (Å²) in [5, 5.41) is 23.4. The van der Waals surface area contributed by atoms with E-state index in [2.05, 4.69) is 55.6 Å². The highest BCUT2D eigenvalue weighted by atomic mass is 16.5. The molecule has 0 spiro atoms. The van der Waals surface area contributed by atoms with Gasteiger partial charge < -0.3 is 20.3 Å². The summed E-state index contributed by atoms with van der Waals surface area (Å²) in [6.07, 6.45) is 86.1. The van der Waals surface area contributed by atoms with Gasteiger partial charge in [0.05, 0.1) is 25.4 Å². The highest BCUT2D eigenvalue weighted by Gasteiger charge is 2.20. The maximum absolute atomic E-state index is 12.5. The van der Waals surface area contributed by atoms with Gasteiger partial charge in [-0.2, -0.15) is 0 Å². The number of hydrogen-bond acceptors (Lipinski definition) is 5. The summed E-state index contributed by atoms with van der Waals surface area (Å²) in [5.74, 6) is -0.0372. The number of unbranched alkanes of at least 4 members (excludes halogenated alkanes) is 49. The molecule has 0 heterocycles. The van der Waals surface area contributed by atoms with Gasteiger partial charge >= 0.3 is 5.97 Å². The smallest absolute Gasteiger partial charge is 0.305 e. The van der Waals surface area contributed by atoms with Gasteiger partial charge in [-0.05, 0) is 83.5 Å². The zero-order valence-electron chi connectivity index (χ0n) is 52.7. The SMILES string of the molecule is CCCCCCCCC/C=C\CCCCCCCCCC(=O)OCCCCCCCCCCC/C=C\C/C=C\CCCCCCCCCC(=O)NC(CO)C(O)CCCCCCCCCCCCCCCCCCCCCC. The summed E-state index contributed by atoms with van der Waals surface area (Å²) in [4.78, 5) is 24.6. The lowest BCUT2D eigenvalue weighted by Gasteiger charge is -2.22. The number of nitrogens with one attached hydrogen (secondary N) is 1. The number of ether oxygens (including phenoxy) is 1. The molecule has 0 aromatic carbocycles. The Bertz CT molecular complexity index is 1260. The fraction of sp³-hybridized carbons (Fsp3) is 0.889. The lowest BCUT2D eigenvalue weighted by atomic mass is 10.0. The third kappa shape index (κ3) is 63.3. The molecule has 0 aliphatic carbocycles. The first-order valence-electron chi connectivity index (χ1n) is 35.2. The maximum atomic E-state index is 12.5. The number of amides is 1. The van der Waals surface area contributed by atoms with Crippen LogP contribution in [0.2, 0.25) is 0 Å². The fourth-order valence-corrected chi connectivity index (χ4v) is 11.0. The summed E-state index contributed by atoms with van der Waals surface area (Å²) in [6.45, 7) is 4.97. The number of carbonyl (C=O) groups excluding carboxylic acids is 2. The second-order valence-corrected chi connectivity index (χ2v) is 24.2. The van der Waals surface area contributed by atoms with Crippen molar-refractivity contribution in [3.05, 3.63) is 36.5 Å². The molecular formula is C72H137NO5. The molecule has 0 saturated heterocycles. The molecule has 0 aliphatic rings. The van der Waals surface area contributed by atoms with Gasteiger partial charge in [0.25, 0.3) is 0 Å². The van der Waals surface area contributed by atoms with E-state index in [9.17, 15) is 19.8 Å². The number of carbonyl (C=O) groups is 2. The van der Waals surface area contributed by atoms with Gasteiger partial charge in [0, 0.05) is 12.8 Å². The molecule has 0 aliphatic heterocycles. The van der Waals surface area contributed by atoms with Gasteiger partial charge in [-0.1, -0.05) is 326 Å².